The van der Waals surface area contributed by atoms with Crippen molar-refractivity contribution in [2.75, 3.05) is 25.0 Å². The Labute approximate surface area is 183 Å². The van der Waals surface area contributed by atoms with E-state index < -0.39 is 24.3 Å². The Balaban J connectivity index is 1.59. The number of carbonyl (C=O) groups excluding carboxylic acids is 3. The van der Waals surface area contributed by atoms with Crippen LogP contribution in [0.3, 0.4) is 0 Å². The van der Waals surface area contributed by atoms with Gasteiger partial charge < -0.3 is 15.0 Å². The van der Waals surface area contributed by atoms with Crippen LogP contribution in [0.1, 0.15) is 28.6 Å². The van der Waals surface area contributed by atoms with E-state index in [4.69, 9.17) is 4.74 Å². The summed E-state index contributed by atoms with van der Waals surface area (Å²) in [5.74, 6) is -1.92. The first-order chi connectivity index (χ1) is 14.9. The lowest BCUT2D eigenvalue weighted by atomic mass is 10.2. The van der Waals surface area contributed by atoms with Gasteiger partial charge in [0.15, 0.2) is 6.61 Å². The van der Waals surface area contributed by atoms with Crippen molar-refractivity contribution in [1.82, 2.24) is 4.90 Å². The van der Waals surface area contributed by atoms with E-state index in [1.54, 1.807) is 18.2 Å². The van der Waals surface area contributed by atoms with Crippen molar-refractivity contribution in [3.63, 3.8) is 0 Å². The van der Waals surface area contributed by atoms with Gasteiger partial charge in [0.1, 0.15) is 10.7 Å². The number of nitrogens with zero attached hydrogens (tertiary/aromatic N) is 1. The van der Waals surface area contributed by atoms with Gasteiger partial charge in [0, 0.05) is 22.3 Å². The normalized spacial score (nSPS) is 10.7. The minimum absolute atomic E-state index is 0.146. The summed E-state index contributed by atoms with van der Waals surface area (Å²) in [6.07, 6.45) is 0.646. The molecule has 0 atom stereocenters. The van der Waals surface area contributed by atoms with Crippen molar-refractivity contribution in [1.29, 1.82) is 0 Å². The molecule has 0 fully saturated rings. The first-order valence-corrected chi connectivity index (χ1v) is 10.7. The topological polar surface area (TPSA) is 75.7 Å². The third-order valence-electron chi connectivity index (χ3n) is 4.64. The fraction of sp³-hybridized carbons (Fsp3) is 0.261. The van der Waals surface area contributed by atoms with Crippen LogP contribution in [-0.2, 0) is 14.3 Å². The molecule has 0 spiro atoms. The van der Waals surface area contributed by atoms with Gasteiger partial charge in [-0.15, -0.1) is 11.3 Å². The van der Waals surface area contributed by atoms with Gasteiger partial charge in [-0.2, -0.15) is 0 Å². The highest BCUT2D eigenvalue weighted by Gasteiger charge is 2.20. The van der Waals surface area contributed by atoms with Crippen LogP contribution in [0.5, 0.6) is 0 Å². The molecule has 1 N–H and O–H groups in total. The Kier molecular flexibility index (Phi) is 7.36. The van der Waals surface area contributed by atoms with Crippen LogP contribution in [-0.4, -0.2) is 42.4 Å². The highest BCUT2D eigenvalue weighted by molar-refractivity contribution is 7.20. The number of fused-ring (bicyclic) bond motifs is 1. The van der Waals surface area contributed by atoms with Crippen molar-refractivity contribution < 1.29 is 23.5 Å². The number of benzene rings is 2. The first-order valence-electron chi connectivity index (χ1n) is 9.87. The fourth-order valence-corrected chi connectivity index (χ4v) is 4.02. The van der Waals surface area contributed by atoms with Crippen molar-refractivity contribution in [3.8, 4) is 0 Å². The number of esters is 1. The van der Waals surface area contributed by atoms with Crippen LogP contribution < -0.4 is 5.32 Å². The van der Waals surface area contributed by atoms with Crippen molar-refractivity contribution in [2.24, 2.45) is 0 Å². The van der Waals surface area contributed by atoms with Gasteiger partial charge in [0.25, 0.3) is 5.91 Å². The second kappa shape index (κ2) is 10.2. The van der Waals surface area contributed by atoms with E-state index in [-0.39, 0.29) is 17.3 Å². The molecule has 3 rings (SSSR count). The third-order valence-corrected chi connectivity index (χ3v) is 5.72. The van der Waals surface area contributed by atoms with E-state index >= 15 is 0 Å². The number of anilines is 1. The molecule has 0 bridgehead atoms. The molecule has 2 amide bonds. The number of nitrogens with one attached hydrogen (secondary N) is 1. The lowest BCUT2D eigenvalue weighted by Crippen LogP contribution is -2.40. The van der Waals surface area contributed by atoms with E-state index in [0.717, 1.165) is 16.9 Å². The second-order valence-corrected chi connectivity index (χ2v) is 8.10. The number of hydrogen-bond acceptors (Lipinski definition) is 5. The molecule has 1 heterocycles. The SMILES string of the molecule is CCCN(CC(=O)Nc1ccccc1C)C(=O)COC(=O)c1cc2c(F)cccc2s1. The third kappa shape index (κ3) is 5.67. The smallest absolute Gasteiger partial charge is 0.348 e. The van der Waals surface area contributed by atoms with Crippen LogP contribution in [0.15, 0.2) is 48.5 Å². The number of aryl methyl sites for hydroxylation is 1. The summed E-state index contributed by atoms with van der Waals surface area (Å²) in [5.41, 5.74) is 1.60. The predicted octanol–water partition coefficient (Wildman–Crippen LogP) is 4.38. The summed E-state index contributed by atoms with van der Waals surface area (Å²) < 4.78 is 19.6. The molecule has 0 saturated carbocycles. The lowest BCUT2D eigenvalue weighted by molar-refractivity contribution is -0.137. The maximum absolute atomic E-state index is 13.8. The number of amides is 2. The number of thiophene rings is 1. The highest BCUT2D eigenvalue weighted by Crippen LogP contribution is 2.28. The molecule has 0 aliphatic heterocycles. The number of ether oxygens (including phenoxy) is 1. The molecule has 0 saturated heterocycles. The molecule has 0 radical (unpaired) electrons. The van der Waals surface area contributed by atoms with E-state index in [9.17, 15) is 18.8 Å². The summed E-state index contributed by atoms with van der Waals surface area (Å²) in [5, 5.41) is 3.13. The van der Waals surface area contributed by atoms with Gasteiger partial charge in [0.2, 0.25) is 5.91 Å². The number of carbonyl (C=O) groups is 3. The van der Waals surface area contributed by atoms with E-state index in [1.165, 1.54) is 17.0 Å². The van der Waals surface area contributed by atoms with Gasteiger partial charge in [-0.1, -0.05) is 31.2 Å². The maximum Gasteiger partial charge on any atom is 0.348 e. The lowest BCUT2D eigenvalue weighted by Gasteiger charge is -2.21. The van der Waals surface area contributed by atoms with E-state index in [1.807, 2.05) is 32.0 Å². The van der Waals surface area contributed by atoms with Crippen LogP contribution in [0.25, 0.3) is 10.1 Å². The van der Waals surface area contributed by atoms with Crippen molar-refractivity contribution in [2.45, 2.75) is 20.3 Å². The molecule has 0 unspecified atom stereocenters. The predicted molar refractivity (Wildman–Crippen MR) is 119 cm³/mol. The summed E-state index contributed by atoms with van der Waals surface area (Å²) in [6, 6.07) is 13.4. The van der Waals surface area contributed by atoms with Gasteiger partial charge in [0.05, 0.1) is 6.54 Å². The number of para-hydroxylation sites is 1. The molecule has 162 valence electrons. The quantitative estimate of drug-likeness (QED) is 0.525. The van der Waals surface area contributed by atoms with Gasteiger partial charge in [-0.25, -0.2) is 9.18 Å². The minimum Gasteiger partial charge on any atom is -0.451 e. The Hall–Kier alpha value is -3.26. The first kappa shape index (κ1) is 22.4. The zero-order valence-corrected chi connectivity index (χ0v) is 18.1. The molecule has 6 nitrogen and oxygen atoms in total. The highest BCUT2D eigenvalue weighted by atomic mass is 32.1. The summed E-state index contributed by atoms with van der Waals surface area (Å²) >= 11 is 1.10. The molecule has 31 heavy (non-hydrogen) atoms. The summed E-state index contributed by atoms with van der Waals surface area (Å²) in [4.78, 5) is 38.9. The zero-order valence-electron chi connectivity index (χ0n) is 17.3. The largest absolute Gasteiger partial charge is 0.451 e. The Bertz CT molecular complexity index is 1110. The second-order valence-electron chi connectivity index (χ2n) is 7.02. The van der Waals surface area contributed by atoms with Crippen LogP contribution in [0.2, 0.25) is 0 Å². The average Bonchev–Trinajstić information content (AvgIpc) is 3.19. The molecule has 0 aliphatic carbocycles. The van der Waals surface area contributed by atoms with Crippen molar-refractivity contribution >= 4 is 44.9 Å². The van der Waals surface area contributed by atoms with E-state index in [2.05, 4.69) is 5.32 Å². The van der Waals surface area contributed by atoms with Gasteiger partial charge in [-0.05, 0) is 43.2 Å². The Morgan fingerprint density at radius 3 is 2.61 bits per heavy atom. The van der Waals surface area contributed by atoms with Crippen LogP contribution in [0.4, 0.5) is 10.1 Å². The molecule has 3 aromatic rings. The molecular formula is C23H23FN2O4S. The molecule has 0 aliphatic rings. The van der Waals surface area contributed by atoms with Crippen LogP contribution in [0, 0.1) is 12.7 Å². The molecule has 1 aromatic heterocycles. The maximum atomic E-state index is 13.8. The van der Waals surface area contributed by atoms with Gasteiger partial charge in [-0.3, -0.25) is 9.59 Å². The monoisotopic (exact) mass is 442 g/mol. The number of hydrogen-bond donors (Lipinski definition) is 1. The average molecular weight is 443 g/mol. The minimum atomic E-state index is -0.699. The summed E-state index contributed by atoms with van der Waals surface area (Å²) in [6.45, 7) is 3.48. The number of rotatable bonds is 8. The standard InChI is InChI=1S/C23H23FN2O4S/c1-3-11-26(13-21(27)25-18-9-5-4-7-15(18)2)22(28)14-30-23(29)20-12-16-17(24)8-6-10-19(16)31-20/h4-10,12H,3,11,13-14H2,1-2H3,(H,25,27). The molecular weight excluding hydrogens is 419 g/mol. The van der Waals surface area contributed by atoms with Gasteiger partial charge >= 0.3 is 5.97 Å². The fourth-order valence-electron chi connectivity index (χ4n) is 3.05. The Morgan fingerprint density at radius 1 is 1.13 bits per heavy atom. The number of halogens is 1. The van der Waals surface area contributed by atoms with E-state index in [0.29, 0.717) is 28.7 Å². The van der Waals surface area contributed by atoms with Crippen molar-refractivity contribution in [3.05, 3.63) is 64.8 Å². The molecule has 2 aromatic carbocycles. The molecule has 8 heteroatoms. The Morgan fingerprint density at radius 2 is 1.90 bits per heavy atom. The van der Waals surface area contributed by atoms with Crippen LogP contribution >= 0.6 is 11.3 Å². The zero-order chi connectivity index (χ0) is 22.4. The summed E-state index contributed by atoms with van der Waals surface area (Å²) in [7, 11) is 0.